The summed E-state index contributed by atoms with van der Waals surface area (Å²) >= 11 is 1.27. The molecule has 2 aromatic rings. The molecule has 0 unspecified atom stereocenters. The molecule has 0 aliphatic carbocycles. The van der Waals surface area contributed by atoms with Gasteiger partial charge in [0, 0.05) is 24.2 Å². The van der Waals surface area contributed by atoms with Crippen molar-refractivity contribution in [2.24, 2.45) is 9.98 Å². The Labute approximate surface area is 228 Å². The van der Waals surface area contributed by atoms with Crippen LogP contribution in [0.25, 0.3) is 0 Å². The molecule has 200 valence electrons. The lowest BCUT2D eigenvalue weighted by Crippen LogP contribution is -2.42. The van der Waals surface area contributed by atoms with Crippen LogP contribution >= 0.6 is 11.8 Å². The third-order valence-electron chi connectivity index (χ3n) is 6.59. The molecule has 0 fully saturated rings. The quantitative estimate of drug-likeness (QED) is 0.394. The van der Waals surface area contributed by atoms with Gasteiger partial charge in [0.15, 0.2) is 5.17 Å². The molecule has 2 atom stereocenters. The highest BCUT2D eigenvalue weighted by Crippen LogP contribution is 2.36. The van der Waals surface area contributed by atoms with Gasteiger partial charge in [-0.3, -0.25) is 19.4 Å². The van der Waals surface area contributed by atoms with Crippen molar-refractivity contribution in [2.45, 2.75) is 70.6 Å². The number of fused-ring (bicyclic) bond motifs is 3. The number of rotatable bonds is 11. The lowest BCUT2D eigenvalue weighted by atomic mass is 10.1. The summed E-state index contributed by atoms with van der Waals surface area (Å²) in [5.74, 6) is 0.0980. The van der Waals surface area contributed by atoms with E-state index in [4.69, 9.17) is 9.98 Å². The van der Waals surface area contributed by atoms with Crippen LogP contribution in [0.2, 0.25) is 0 Å². The number of anilines is 1. The first-order chi connectivity index (χ1) is 18.4. The van der Waals surface area contributed by atoms with Crippen molar-refractivity contribution >= 4 is 51.9 Å². The van der Waals surface area contributed by atoms with Crippen molar-refractivity contribution in [1.29, 1.82) is 0 Å². The van der Waals surface area contributed by atoms with Crippen molar-refractivity contribution in [3.63, 3.8) is 0 Å². The number of aliphatic imine (C=N–C) groups is 2. The Kier molecular flexibility index (Phi) is 9.33. The van der Waals surface area contributed by atoms with Gasteiger partial charge in [-0.15, -0.1) is 0 Å². The molecule has 8 nitrogen and oxygen atoms in total. The summed E-state index contributed by atoms with van der Waals surface area (Å²) in [7, 11) is 0. The topological polar surface area (TPSA) is 103 Å². The Bertz CT molecular complexity index is 1240. The molecule has 0 radical (unpaired) electrons. The molecule has 3 amide bonds. The third-order valence-corrected chi connectivity index (χ3v) is 7.90. The number of amides is 3. The van der Waals surface area contributed by atoms with Crippen molar-refractivity contribution < 1.29 is 14.4 Å². The fourth-order valence-electron chi connectivity index (χ4n) is 4.33. The van der Waals surface area contributed by atoms with Crippen LogP contribution in [0.4, 0.5) is 11.4 Å². The fraction of sp³-hybridized carbons (Fsp3) is 0.414. The molecule has 0 spiro atoms. The lowest BCUT2D eigenvalue weighted by molar-refractivity contribution is -0.125. The molecule has 2 heterocycles. The Balaban J connectivity index is 1.50. The van der Waals surface area contributed by atoms with Gasteiger partial charge < -0.3 is 10.6 Å². The molecule has 0 bridgehead atoms. The number of thioether (sulfide) groups is 1. The van der Waals surface area contributed by atoms with E-state index in [1.807, 2.05) is 55.5 Å². The number of hydrogen-bond donors (Lipinski definition) is 2. The monoisotopic (exact) mass is 533 g/mol. The first-order valence-corrected chi connectivity index (χ1v) is 14.3. The van der Waals surface area contributed by atoms with Crippen LogP contribution in [0, 0.1) is 0 Å². The van der Waals surface area contributed by atoms with Gasteiger partial charge in [-0.2, -0.15) is 0 Å². The van der Waals surface area contributed by atoms with Gasteiger partial charge in [0.25, 0.3) is 5.91 Å². The number of amidine groups is 2. The van der Waals surface area contributed by atoms with E-state index in [9.17, 15) is 14.4 Å². The molecule has 2 aliphatic heterocycles. The fourth-order valence-corrected chi connectivity index (χ4v) is 5.35. The van der Waals surface area contributed by atoms with E-state index < -0.39 is 11.3 Å². The standard InChI is InChI=1S/C29H35N5O3S/c1-4-7-18-30-25(35)17-16-23-28(37)34-26(32-23)21-10-8-9-11-22(21)33-29(34)38-24(6-3)27(36)31-20-14-12-19(5-2)13-15-20/h8-15,23-24H,4-7,16-18H2,1-3H3,(H,30,35)(H,31,36)/t23-,24+/m0/s1. The molecule has 0 aromatic heterocycles. The zero-order valence-corrected chi connectivity index (χ0v) is 23.0. The Morgan fingerprint density at radius 3 is 2.55 bits per heavy atom. The average molecular weight is 534 g/mol. The van der Waals surface area contributed by atoms with Crippen LogP contribution in [0.1, 0.15) is 64.0 Å². The van der Waals surface area contributed by atoms with Gasteiger partial charge in [0.2, 0.25) is 11.8 Å². The van der Waals surface area contributed by atoms with E-state index in [0.717, 1.165) is 30.5 Å². The number of nitrogens with one attached hydrogen (secondary N) is 2. The van der Waals surface area contributed by atoms with Gasteiger partial charge in [-0.25, -0.2) is 9.89 Å². The number of carbonyl (C=O) groups excluding carboxylic acids is 3. The molecule has 2 aromatic carbocycles. The summed E-state index contributed by atoms with van der Waals surface area (Å²) in [5, 5.41) is 5.87. The second-order valence-corrected chi connectivity index (χ2v) is 10.5. The summed E-state index contributed by atoms with van der Waals surface area (Å²) < 4.78 is 0. The van der Waals surface area contributed by atoms with Gasteiger partial charge >= 0.3 is 0 Å². The minimum atomic E-state index is -0.662. The van der Waals surface area contributed by atoms with Crippen LogP contribution in [0.5, 0.6) is 0 Å². The maximum absolute atomic E-state index is 13.5. The summed E-state index contributed by atoms with van der Waals surface area (Å²) in [6, 6.07) is 14.7. The van der Waals surface area contributed by atoms with E-state index in [0.29, 0.717) is 36.1 Å². The first kappa shape index (κ1) is 27.6. The highest BCUT2D eigenvalue weighted by Gasteiger charge is 2.42. The molecule has 2 aliphatic rings. The number of para-hydroxylation sites is 1. The van der Waals surface area contributed by atoms with E-state index in [-0.39, 0.29) is 24.1 Å². The zero-order valence-electron chi connectivity index (χ0n) is 22.2. The normalized spacial score (nSPS) is 16.8. The largest absolute Gasteiger partial charge is 0.356 e. The average Bonchev–Trinajstić information content (AvgIpc) is 3.27. The van der Waals surface area contributed by atoms with Gasteiger partial charge in [0.1, 0.15) is 11.9 Å². The number of aryl methyl sites for hydroxylation is 1. The number of unbranched alkanes of at least 4 members (excludes halogenated alkanes) is 1. The van der Waals surface area contributed by atoms with Gasteiger partial charge in [-0.05, 0) is 55.5 Å². The number of nitrogens with zero attached hydrogens (tertiary/aromatic N) is 3. The second kappa shape index (κ2) is 12.9. The van der Waals surface area contributed by atoms with Crippen LogP contribution in [-0.2, 0) is 20.8 Å². The molecule has 9 heteroatoms. The summed E-state index contributed by atoms with van der Waals surface area (Å²) in [4.78, 5) is 50.0. The van der Waals surface area contributed by atoms with Crippen LogP contribution in [0.15, 0.2) is 58.5 Å². The van der Waals surface area contributed by atoms with Crippen LogP contribution in [-0.4, -0.2) is 51.5 Å². The number of benzene rings is 2. The third kappa shape index (κ3) is 6.32. The highest BCUT2D eigenvalue weighted by molar-refractivity contribution is 8.15. The second-order valence-electron chi connectivity index (χ2n) is 9.35. The van der Waals surface area contributed by atoms with Crippen molar-refractivity contribution in [3.05, 3.63) is 59.7 Å². The van der Waals surface area contributed by atoms with Gasteiger partial charge in [-0.1, -0.05) is 63.2 Å². The SMILES string of the molecule is CCCCNC(=O)CC[C@@H]1N=C2c3ccccc3N=C(S[C@H](CC)C(=O)Nc3ccc(CC)cc3)N2C1=O. The predicted octanol–water partition coefficient (Wildman–Crippen LogP) is 5.05. The molecular formula is C29H35N5O3S. The summed E-state index contributed by atoms with van der Waals surface area (Å²) in [6.45, 7) is 6.74. The lowest BCUT2D eigenvalue weighted by Gasteiger charge is -2.27. The maximum atomic E-state index is 13.5. The van der Waals surface area contributed by atoms with Crippen LogP contribution in [0.3, 0.4) is 0 Å². The van der Waals surface area contributed by atoms with Crippen molar-refractivity contribution in [1.82, 2.24) is 10.2 Å². The number of hydrogen-bond acceptors (Lipinski definition) is 6. The zero-order chi connectivity index (χ0) is 27.1. The highest BCUT2D eigenvalue weighted by atomic mass is 32.2. The first-order valence-electron chi connectivity index (χ1n) is 13.4. The molecule has 0 saturated heterocycles. The van der Waals surface area contributed by atoms with Crippen molar-refractivity contribution in [2.75, 3.05) is 11.9 Å². The summed E-state index contributed by atoms with van der Waals surface area (Å²) in [5.41, 5.74) is 3.42. The minimum absolute atomic E-state index is 0.0744. The molecule has 2 N–H and O–H groups in total. The smallest absolute Gasteiger partial charge is 0.259 e. The maximum Gasteiger partial charge on any atom is 0.259 e. The van der Waals surface area contributed by atoms with Crippen LogP contribution < -0.4 is 10.6 Å². The predicted molar refractivity (Wildman–Crippen MR) is 154 cm³/mol. The Morgan fingerprint density at radius 2 is 1.84 bits per heavy atom. The summed E-state index contributed by atoms with van der Waals surface area (Å²) in [6.07, 6.45) is 3.96. The molecular weight excluding hydrogens is 498 g/mol. The van der Waals surface area contributed by atoms with E-state index >= 15 is 0 Å². The van der Waals surface area contributed by atoms with Gasteiger partial charge in [0.05, 0.1) is 10.9 Å². The Morgan fingerprint density at radius 1 is 1.08 bits per heavy atom. The van der Waals surface area contributed by atoms with E-state index in [2.05, 4.69) is 24.5 Å². The number of carbonyl (C=O) groups is 3. The van der Waals surface area contributed by atoms with Crippen molar-refractivity contribution in [3.8, 4) is 0 Å². The van der Waals surface area contributed by atoms with E-state index in [1.54, 1.807) is 0 Å². The molecule has 0 saturated carbocycles. The molecule has 4 rings (SSSR count). The Hall–Kier alpha value is -3.46. The van der Waals surface area contributed by atoms with E-state index in [1.165, 1.54) is 22.2 Å². The minimum Gasteiger partial charge on any atom is -0.356 e. The molecule has 38 heavy (non-hydrogen) atoms.